The number of nitrogens with two attached hydrogens (primary N) is 1. The largest absolute Gasteiger partial charge is 0.493 e. The minimum atomic E-state index is -0.867. The number of carbonyl (C=O) groups excluding carboxylic acids is 1. The average Bonchev–Trinajstić information content (AvgIpc) is 2.83. The molecular formula is C26H27ClN3O3. The molecule has 0 heterocycles. The van der Waals surface area contributed by atoms with E-state index in [1.54, 1.807) is 30.3 Å². The third-order valence-corrected chi connectivity index (χ3v) is 5.40. The van der Waals surface area contributed by atoms with Crippen LogP contribution in [0.5, 0.6) is 5.75 Å². The quantitative estimate of drug-likeness (QED) is 0.224. The maximum absolute atomic E-state index is 12.8. The number of nitrogens with one attached hydrogen (secondary N) is 2. The lowest BCUT2D eigenvalue weighted by Crippen LogP contribution is -2.24. The van der Waals surface area contributed by atoms with Crippen LogP contribution >= 0.6 is 11.6 Å². The monoisotopic (exact) mass is 464 g/mol. The fourth-order valence-electron chi connectivity index (χ4n) is 3.57. The van der Waals surface area contributed by atoms with Gasteiger partial charge in [-0.3, -0.25) is 5.41 Å². The maximum atomic E-state index is 12.8. The molecule has 0 bridgehead atoms. The summed E-state index contributed by atoms with van der Waals surface area (Å²) >= 11 is 6.47. The molecule has 3 rings (SSSR count). The molecule has 0 aromatic heterocycles. The number of amidine groups is 1. The summed E-state index contributed by atoms with van der Waals surface area (Å²) in [6.45, 7) is 4.00. The number of methoxy groups -OCH3 is 1. The molecule has 0 aliphatic carbocycles. The van der Waals surface area contributed by atoms with E-state index < -0.39 is 12.0 Å². The van der Waals surface area contributed by atoms with Gasteiger partial charge in [-0.2, -0.15) is 0 Å². The Balaban J connectivity index is 1.98. The van der Waals surface area contributed by atoms with Crippen LogP contribution in [0.4, 0.5) is 5.69 Å². The zero-order chi connectivity index (χ0) is 23.8. The van der Waals surface area contributed by atoms with Gasteiger partial charge in [0, 0.05) is 21.8 Å². The first-order chi connectivity index (χ1) is 15.9. The van der Waals surface area contributed by atoms with Crippen LogP contribution in [0.3, 0.4) is 0 Å². The van der Waals surface area contributed by atoms with Gasteiger partial charge in [0.15, 0.2) is 6.04 Å². The number of hydrogen-bond donors (Lipinski definition) is 3. The predicted octanol–water partition coefficient (Wildman–Crippen LogP) is 4.95. The van der Waals surface area contributed by atoms with Crippen LogP contribution < -0.4 is 15.8 Å². The summed E-state index contributed by atoms with van der Waals surface area (Å²) < 4.78 is 11.0. The molecule has 7 heteroatoms. The molecule has 0 fully saturated rings. The molecule has 0 aliphatic heterocycles. The molecule has 0 saturated carbocycles. The third-order valence-electron chi connectivity index (χ3n) is 5.19. The zero-order valence-corrected chi connectivity index (χ0v) is 19.2. The number of carbonyl (C=O) groups is 1. The van der Waals surface area contributed by atoms with E-state index in [9.17, 15) is 4.79 Å². The van der Waals surface area contributed by atoms with Gasteiger partial charge < -0.3 is 20.5 Å². The first kappa shape index (κ1) is 24.1. The molecule has 3 aromatic rings. The highest BCUT2D eigenvalue weighted by Gasteiger charge is 2.27. The molecule has 3 aromatic carbocycles. The number of hydrogen-bond acceptors (Lipinski definition) is 5. The molecule has 0 spiro atoms. The van der Waals surface area contributed by atoms with Crippen molar-refractivity contribution in [3.63, 3.8) is 0 Å². The number of aryl methyl sites for hydroxylation is 2. The van der Waals surface area contributed by atoms with Gasteiger partial charge in [-0.15, -0.1) is 0 Å². The number of rotatable bonds is 10. The number of ether oxygens (including phenoxy) is 2. The van der Waals surface area contributed by atoms with Crippen molar-refractivity contribution >= 4 is 29.1 Å². The Morgan fingerprint density at radius 1 is 1.12 bits per heavy atom. The Kier molecular flexibility index (Phi) is 8.33. The first-order valence-corrected chi connectivity index (χ1v) is 10.9. The molecule has 1 radical (unpaired) electrons. The third kappa shape index (κ3) is 6.26. The van der Waals surface area contributed by atoms with Gasteiger partial charge in [-0.05, 0) is 67.3 Å². The number of nitrogen functional groups attached to an aromatic ring is 1. The Labute approximate surface area is 199 Å². The Bertz CT molecular complexity index is 1100. The number of esters is 1. The van der Waals surface area contributed by atoms with Crippen LogP contribution in [0, 0.1) is 12.3 Å². The molecule has 171 valence electrons. The van der Waals surface area contributed by atoms with Gasteiger partial charge in [0.25, 0.3) is 0 Å². The smallest absolute Gasteiger partial charge is 0.333 e. The van der Waals surface area contributed by atoms with E-state index in [1.807, 2.05) is 24.3 Å². The molecule has 4 N–H and O–H groups in total. The van der Waals surface area contributed by atoms with Gasteiger partial charge in [0.2, 0.25) is 0 Å². The van der Waals surface area contributed by atoms with Gasteiger partial charge in [-0.1, -0.05) is 41.9 Å². The predicted molar refractivity (Wildman–Crippen MR) is 132 cm³/mol. The normalized spacial score (nSPS) is 11.5. The van der Waals surface area contributed by atoms with E-state index in [0.717, 1.165) is 12.0 Å². The minimum absolute atomic E-state index is 0.0323. The second-order valence-corrected chi connectivity index (χ2v) is 7.85. The van der Waals surface area contributed by atoms with Crippen LogP contribution in [0.1, 0.15) is 28.3 Å². The summed E-state index contributed by atoms with van der Waals surface area (Å²) in [5.74, 6) is 0.0412. The number of benzene rings is 3. The molecule has 1 unspecified atom stereocenters. The van der Waals surface area contributed by atoms with Crippen molar-refractivity contribution in [2.75, 3.05) is 19.0 Å². The van der Waals surface area contributed by atoms with Crippen LogP contribution in [-0.2, 0) is 22.4 Å². The van der Waals surface area contributed by atoms with E-state index in [0.29, 0.717) is 34.0 Å². The molecule has 0 aliphatic rings. The van der Waals surface area contributed by atoms with Crippen LogP contribution in [-0.4, -0.2) is 25.5 Å². The Morgan fingerprint density at radius 3 is 2.42 bits per heavy atom. The van der Waals surface area contributed by atoms with Gasteiger partial charge in [-0.25, -0.2) is 4.79 Å². The van der Waals surface area contributed by atoms with Crippen molar-refractivity contribution in [3.05, 3.63) is 101 Å². The van der Waals surface area contributed by atoms with E-state index in [1.165, 1.54) is 12.7 Å². The highest BCUT2D eigenvalue weighted by Crippen LogP contribution is 2.36. The SMILES string of the molecule is [CH2]COc1c(CCc2ccccc2)cc(Cl)cc1C(Nc1ccc(C(=N)N)cc1)C(=O)OC. The Hall–Kier alpha value is -3.51. The van der Waals surface area contributed by atoms with Crippen LogP contribution in [0.15, 0.2) is 66.7 Å². The summed E-state index contributed by atoms with van der Waals surface area (Å²) in [6.07, 6.45) is 1.46. The number of halogens is 1. The van der Waals surface area contributed by atoms with E-state index in [2.05, 4.69) is 24.4 Å². The summed E-state index contributed by atoms with van der Waals surface area (Å²) in [5, 5.41) is 11.2. The van der Waals surface area contributed by atoms with E-state index >= 15 is 0 Å². The molecule has 1 atom stereocenters. The second-order valence-electron chi connectivity index (χ2n) is 7.41. The Morgan fingerprint density at radius 2 is 1.82 bits per heavy atom. The zero-order valence-electron chi connectivity index (χ0n) is 18.4. The highest BCUT2D eigenvalue weighted by molar-refractivity contribution is 6.30. The minimum Gasteiger partial charge on any atom is -0.493 e. The molecular weight excluding hydrogens is 438 g/mol. The fourth-order valence-corrected chi connectivity index (χ4v) is 3.82. The lowest BCUT2D eigenvalue weighted by molar-refractivity contribution is -0.141. The standard InChI is InChI=1S/C26H27ClN3O3/c1-3-33-24-19(10-9-17-7-5-4-6-8-17)15-20(27)16-22(24)23(26(31)32-2)30-21-13-11-18(12-14-21)25(28)29/h4-8,11-16,23,30H,1,3,9-10H2,2H3,(H3,28,29). The summed E-state index contributed by atoms with van der Waals surface area (Å²) in [5.41, 5.74) is 9.41. The van der Waals surface area contributed by atoms with E-state index in [4.69, 9.17) is 32.2 Å². The molecule has 0 amide bonds. The molecule has 33 heavy (non-hydrogen) atoms. The van der Waals surface area contributed by atoms with Gasteiger partial charge in [0.05, 0.1) is 13.7 Å². The van der Waals surface area contributed by atoms with Crippen molar-refractivity contribution < 1.29 is 14.3 Å². The molecule has 0 saturated heterocycles. The summed E-state index contributed by atoms with van der Waals surface area (Å²) in [7, 11) is 1.33. The van der Waals surface area contributed by atoms with Gasteiger partial charge in [0.1, 0.15) is 11.6 Å². The summed E-state index contributed by atoms with van der Waals surface area (Å²) in [4.78, 5) is 12.8. The van der Waals surface area contributed by atoms with Crippen molar-refractivity contribution in [2.24, 2.45) is 5.73 Å². The van der Waals surface area contributed by atoms with Crippen molar-refractivity contribution in [3.8, 4) is 5.75 Å². The van der Waals surface area contributed by atoms with Crippen LogP contribution in [0.25, 0.3) is 0 Å². The fraction of sp³-hybridized carbons (Fsp3) is 0.192. The maximum Gasteiger partial charge on any atom is 0.333 e. The topological polar surface area (TPSA) is 97.4 Å². The van der Waals surface area contributed by atoms with Crippen molar-refractivity contribution in [1.29, 1.82) is 5.41 Å². The summed E-state index contributed by atoms with van der Waals surface area (Å²) in [6, 6.07) is 19.7. The van der Waals surface area contributed by atoms with Gasteiger partial charge >= 0.3 is 5.97 Å². The highest BCUT2D eigenvalue weighted by atomic mass is 35.5. The first-order valence-electron chi connectivity index (χ1n) is 10.5. The lowest BCUT2D eigenvalue weighted by Gasteiger charge is -2.23. The lowest BCUT2D eigenvalue weighted by atomic mass is 9.97. The average molecular weight is 465 g/mol. The van der Waals surface area contributed by atoms with E-state index in [-0.39, 0.29) is 12.4 Å². The second kappa shape index (κ2) is 11.4. The number of anilines is 1. The molecule has 6 nitrogen and oxygen atoms in total. The van der Waals surface area contributed by atoms with Crippen molar-refractivity contribution in [1.82, 2.24) is 0 Å². The van der Waals surface area contributed by atoms with Crippen molar-refractivity contribution in [2.45, 2.75) is 18.9 Å². The van der Waals surface area contributed by atoms with Crippen LogP contribution in [0.2, 0.25) is 5.02 Å².